The summed E-state index contributed by atoms with van der Waals surface area (Å²) >= 11 is 1.08. The number of hydrogen-bond donors (Lipinski definition) is 1. The molecule has 21 heavy (non-hydrogen) atoms. The minimum Gasteiger partial charge on any atom is -0.492 e. The van der Waals surface area contributed by atoms with E-state index in [9.17, 15) is 9.59 Å². The number of hydrogen-bond acceptors (Lipinski definition) is 6. The normalized spacial score (nSPS) is 17.9. The Balaban J connectivity index is 2.22. The second-order valence-electron chi connectivity index (χ2n) is 3.91. The number of methoxy groups -OCH3 is 1. The smallest absolute Gasteiger partial charge is 0.331 e. The highest BCUT2D eigenvalue weighted by molar-refractivity contribution is 8.18. The molecular formula is C14H14N2O4S. The van der Waals surface area contributed by atoms with Gasteiger partial charge in [0.2, 0.25) is 0 Å². The molecule has 0 saturated carbocycles. The zero-order valence-electron chi connectivity index (χ0n) is 11.6. The van der Waals surface area contributed by atoms with Gasteiger partial charge in [0.1, 0.15) is 11.4 Å². The van der Waals surface area contributed by atoms with Crippen LogP contribution in [0.3, 0.4) is 0 Å². The van der Waals surface area contributed by atoms with Crippen LogP contribution in [0.15, 0.2) is 40.2 Å². The predicted molar refractivity (Wildman–Crippen MR) is 80.5 cm³/mol. The van der Waals surface area contributed by atoms with Gasteiger partial charge in [-0.25, -0.2) is 9.79 Å². The first kappa shape index (κ1) is 15.1. The first-order chi connectivity index (χ1) is 10.1. The van der Waals surface area contributed by atoms with Crippen LogP contribution in [0.25, 0.3) is 0 Å². The Morgan fingerprint density at radius 1 is 1.43 bits per heavy atom. The third kappa shape index (κ3) is 3.85. The van der Waals surface area contributed by atoms with Gasteiger partial charge in [0.05, 0.1) is 18.6 Å². The lowest BCUT2D eigenvalue weighted by Crippen LogP contribution is -2.19. The third-order valence-corrected chi connectivity index (χ3v) is 3.40. The number of amidine groups is 1. The number of thioether (sulfide) groups is 1. The van der Waals surface area contributed by atoms with Gasteiger partial charge in [-0.15, -0.1) is 0 Å². The Hall–Kier alpha value is -2.28. The van der Waals surface area contributed by atoms with Crippen molar-refractivity contribution in [3.8, 4) is 5.75 Å². The van der Waals surface area contributed by atoms with Crippen molar-refractivity contribution < 1.29 is 19.1 Å². The molecule has 2 rings (SSSR count). The summed E-state index contributed by atoms with van der Waals surface area (Å²) in [6.45, 7) is 2.40. The van der Waals surface area contributed by atoms with Gasteiger partial charge in [0.15, 0.2) is 5.17 Å². The SMILES string of the molecule is CCOc1ccccc1N=C1NC(=O)/C(=C/C(=O)OC)S1. The Bertz CT molecular complexity index is 625. The van der Waals surface area contributed by atoms with Crippen molar-refractivity contribution in [3.05, 3.63) is 35.2 Å². The Kier molecular flexibility index (Phi) is 4.99. The summed E-state index contributed by atoms with van der Waals surface area (Å²) in [6, 6.07) is 7.26. The van der Waals surface area contributed by atoms with Crippen molar-refractivity contribution in [2.75, 3.05) is 13.7 Å². The molecule has 110 valence electrons. The molecule has 0 aromatic heterocycles. The summed E-state index contributed by atoms with van der Waals surface area (Å²) in [7, 11) is 1.25. The second kappa shape index (κ2) is 6.94. The number of nitrogens with zero attached hydrogens (tertiary/aromatic N) is 1. The van der Waals surface area contributed by atoms with Gasteiger partial charge in [-0.05, 0) is 30.8 Å². The van der Waals surface area contributed by atoms with Crippen LogP contribution in [0.4, 0.5) is 5.69 Å². The van der Waals surface area contributed by atoms with Gasteiger partial charge < -0.3 is 14.8 Å². The fourth-order valence-corrected chi connectivity index (χ4v) is 2.38. The largest absolute Gasteiger partial charge is 0.492 e. The van der Waals surface area contributed by atoms with Crippen molar-refractivity contribution in [1.29, 1.82) is 0 Å². The highest BCUT2D eigenvalue weighted by Gasteiger charge is 2.25. The van der Waals surface area contributed by atoms with E-state index in [1.807, 2.05) is 19.1 Å². The fourth-order valence-electron chi connectivity index (χ4n) is 1.58. The molecule has 0 radical (unpaired) electrons. The first-order valence-electron chi connectivity index (χ1n) is 6.23. The standard InChI is InChI=1S/C14H14N2O4S/c1-3-20-10-7-5-4-6-9(10)15-14-16-13(18)11(21-14)8-12(17)19-2/h4-8H,3H2,1-2H3,(H,15,16,18)/b11-8-. The quantitative estimate of drug-likeness (QED) is 0.680. The number of para-hydroxylation sites is 2. The number of benzene rings is 1. The van der Waals surface area contributed by atoms with Crippen molar-refractivity contribution in [1.82, 2.24) is 5.32 Å². The Morgan fingerprint density at radius 2 is 2.19 bits per heavy atom. The summed E-state index contributed by atoms with van der Waals surface area (Å²) in [6.07, 6.45) is 1.14. The molecule has 7 heteroatoms. The lowest BCUT2D eigenvalue weighted by molar-refractivity contribution is -0.135. The van der Waals surface area contributed by atoms with E-state index in [0.29, 0.717) is 23.2 Å². The molecule has 0 unspecified atom stereocenters. The van der Waals surface area contributed by atoms with Crippen LogP contribution in [0.5, 0.6) is 5.75 Å². The van der Waals surface area contributed by atoms with E-state index in [1.54, 1.807) is 12.1 Å². The molecule has 1 N–H and O–H groups in total. The molecule has 0 bridgehead atoms. The van der Waals surface area contributed by atoms with E-state index in [4.69, 9.17) is 4.74 Å². The van der Waals surface area contributed by atoms with Gasteiger partial charge in [-0.2, -0.15) is 0 Å². The van der Waals surface area contributed by atoms with E-state index >= 15 is 0 Å². The van der Waals surface area contributed by atoms with E-state index in [1.165, 1.54) is 7.11 Å². The molecule has 0 aliphatic carbocycles. The van der Waals surface area contributed by atoms with Gasteiger partial charge in [0.25, 0.3) is 5.91 Å². The van der Waals surface area contributed by atoms with Gasteiger partial charge in [-0.3, -0.25) is 4.79 Å². The molecular weight excluding hydrogens is 292 g/mol. The molecule has 1 aliphatic rings. The molecule has 1 fully saturated rings. The minimum absolute atomic E-state index is 0.245. The summed E-state index contributed by atoms with van der Waals surface area (Å²) in [4.78, 5) is 27.5. The minimum atomic E-state index is -0.580. The first-order valence-corrected chi connectivity index (χ1v) is 7.05. The molecule has 1 aromatic rings. The maximum atomic E-state index is 11.7. The van der Waals surface area contributed by atoms with Crippen molar-refractivity contribution >= 4 is 34.5 Å². The molecule has 0 atom stereocenters. The van der Waals surface area contributed by atoms with Crippen LogP contribution in [0, 0.1) is 0 Å². The van der Waals surface area contributed by atoms with Gasteiger partial charge >= 0.3 is 5.97 Å². The zero-order valence-corrected chi connectivity index (χ0v) is 12.4. The highest BCUT2D eigenvalue weighted by atomic mass is 32.2. The van der Waals surface area contributed by atoms with E-state index in [0.717, 1.165) is 17.8 Å². The number of aliphatic imine (C=N–C) groups is 1. The molecule has 6 nitrogen and oxygen atoms in total. The number of carbonyl (C=O) groups is 2. The van der Waals surface area contributed by atoms with Gasteiger partial charge in [0, 0.05) is 6.08 Å². The lowest BCUT2D eigenvalue weighted by atomic mass is 10.3. The van der Waals surface area contributed by atoms with Crippen LogP contribution in [0.1, 0.15) is 6.92 Å². The van der Waals surface area contributed by atoms with Crippen molar-refractivity contribution in [3.63, 3.8) is 0 Å². The molecule has 1 aliphatic heterocycles. The third-order valence-electron chi connectivity index (χ3n) is 2.49. The average Bonchev–Trinajstić information content (AvgIpc) is 2.81. The average molecular weight is 306 g/mol. The summed E-state index contributed by atoms with van der Waals surface area (Å²) < 4.78 is 9.96. The maximum absolute atomic E-state index is 11.7. The number of carbonyl (C=O) groups excluding carboxylic acids is 2. The number of nitrogens with one attached hydrogen (secondary N) is 1. The lowest BCUT2D eigenvalue weighted by Gasteiger charge is -2.06. The topological polar surface area (TPSA) is 77.0 Å². The van der Waals surface area contributed by atoms with Crippen LogP contribution in [-0.4, -0.2) is 30.8 Å². The number of ether oxygens (including phenoxy) is 2. The number of amides is 1. The monoisotopic (exact) mass is 306 g/mol. The van der Waals surface area contributed by atoms with Gasteiger partial charge in [-0.1, -0.05) is 12.1 Å². The maximum Gasteiger partial charge on any atom is 0.331 e. The fraction of sp³-hybridized carbons (Fsp3) is 0.214. The predicted octanol–water partition coefficient (Wildman–Crippen LogP) is 1.99. The second-order valence-corrected chi connectivity index (χ2v) is 4.94. The van der Waals surface area contributed by atoms with E-state index in [2.05, 4.69) is 15.0 Å². The highest BCUT2D eigenvalue weighted by Crippen LogP contribution is 2.31. The van der Waals surface area contributed by atoms with E-state index in [-0.39, 0.29) is 10.8 Å². The van der Waals surface area contributed by atoms with Crippen LogP contribution in [0.2, 0.25) is 0 Å². The molecule has 1 aromatic carbocycles. The van der Waals surface area contributed by atoms with Crippen LogP contribution >= 0.6 is 11.8 Å². The molecule has 1 saturated heterocycles. The zero-order chi connectivity index (χ0) is 15.2. The number of rotatable bonds is 4. The van der Waals surface area contributed by atoms with E-state index < -0.39 is 5.97 Å². The summed E-state index contributed by atoms with van der Waals surface area (Å²) in [5.41, 5.74) is 0.612. The molecule has 1 heterocycles. The summed E-state index contributed by atoms with van der Waals surface area (Å²) in [5, 5.41) is 2.98. The molecule has 0 spiro atoms. The van der Waals surface area contributed by atoms with Crippen molar-refractivity contribution in [2.24, 2.45) is 4.99 Å². The Morgan fingerprint density at radius 3 is 2.90 bits per heavy atom. The van der Waals surface area contributed by atoms with Crippen LogP contribution in [-0.2, 0) is 14.3 Å². The van der Waals surface area contributed by atoms with Crippen molar-refractivity contribution in [2.45, 2.75) is 6.92 Å². The summed E-state index contributed by atoms with van der Waals surface area (Å²) in [5.74, 6) is -0.325. The Labute approximate surface area is 126 Å². The number of esters is 1. The molecule has 1 amide bonds. The van der Waals surface area contributed by atoms with Crippen LogP contribution < -0.4 is 10.1 Å².